The van der Waals surface area contributed by atoms with Crippen molar-refractivity contribution in [1.82, 2.24) is 0 Å². The summed E-state index contributed by atoms with van der Waals surface area (Å²) < 4.78 is 21.0. The monoisotopic (exact) mass is 536 g/mol. The molecule has 5 aromatic rings. The molecule has 34 heavy (non-hydrogen) atoms. The second-order valence-corrected chi connectivity index (χ2v) is 11.7. The molecule has 1 heterocycles. The average molecular weight is 535 g/mol. The number of aryl methyl sites for hydroxylation is 4. The number of para-hydroxylation sites is 2. The summed E-state index contributed by atoms with van der Waals surface area (Å²) >= 11 is -0.163. The Morgan fingerprint density at radius 3 is 1.85 bits per heavy atom. The van der Waals surface area contributed by atoms with Crippen LogP contribution < -0.4 is 13.4 Å². The third-order valence-electron chi connectivity index (χ3n) is 5.59. The molecule has 0 fully saturated rings. The predicted octanol–water partition coefficient (Wildman–Crippen LogP) is 6.73. The van der Waals surface area contributed by atoms with Crippen LogP contribution in [-0.2, 0) is 0 Å². The van der Waals surface area contributed by atoms with Gasteiger partial charge in [0.05, 0.1) is 0 Å². The van der Waals surface area contributed by atoms with Gasteiger partial charge in [0.25, 0.3) is 0 Å². The van der Waals surface area contributed by atoms with E-state index in [9.17, 15) is 5.11 Å². The fourth-order valence-electron chi connectivity index (χ4n) is 4.05. The number of rotatable bonds is 4. The molecular formula is C28H25O4PSe. The molecule has 0 aliphatic carbocycles. The summed E-state index contributed by atoms with van der Waals surface area (Å²) in [6.45, 7) is 8.11. The Morgan fingerprint density at radius 2 is 1.24 bits per heavy atom. The van der Waals surface area contributed by atoms with Crippen LogP contribution >= 0.6 is 8.24 Å². The van der Waals surface area contributed by atoms with Gasteiger partial charge in [0, 0.05) is 0 Å². The molecule has 172 valence electrons. The summed E-state index contributed by atoms with van der Waals surface area (Å²) in [5.41, 5.74) is 5.66. The van der Waals surface area contributed by atoms with Crippen molar-refractivity contribution in [3.63, 3.8) is 0 Å². The van der Waals surface area contributed by atoms with Crippen molar-refractivity contribution >= 4 is 54.1 Å². The fraction of sp³-hybridized carbons (Fsp3) is 0.143. The molecule has 0 aliphatic heterocycles. The molecule has 4 aromatic carbocycles. The average Bonchev–Trinajstić information content (AvgIpc) is 2.95. The number of hydrogen-bond acceptors (Lipinski definition) is 4. The van der Waals surface area contributed by atoms with Gasteiger partial charge in [-0.2, -0.15) is 0 Å². The molecule has 6 heteroatoms. The Labute approximate surface area is 206 Å². The van der Waals surface area contributed by atoms with Gasteiger partial charge in [-0.05, 0) is 0 Å². The Hall–Kier alpha value is -3.10. The summed E-state index contributed by atoms with van der Waals surface area (Å²) in [5.74, 6) is 1.11. The fourth-order valence-corrected chi connectivity index (χ4v) is 8.02. The summed E-state index contributed by atoms with van der Waals surface area (Å²) in [6.07, 6.45) is 0. The van der Waals surface area contributed by atoms with Crippen LogP contribution in [0.2, 0.25) is 0 Å². The van der Waals surface area contributed by atoms with Crippen LogP contribution in [0.25, 0.3) is 21.9 Å². The topological polar surface area (TPSA) is 55.7 Å². The first-order valence-electron chi connectivity index (χ1n) is 11.0. The van der Waals surface area contributed by atoms with Gasteiger partial charge >= 0.3 is 206 Å². The van der Waals surface area contributed by atoms with Crippen LogP contribution in [-0.4, -0.2) is 20.1 Å². The Balaban J connectivity index is 1.66. The molecule has 0 atom stereocenters. The van der Waals surface area contributed by atoms with Crippen molar-refractivity contribution in [3.05, 3.63) is 95.1 Å². The summed E-state index contributed by atoms with van der Waals surface area (Å²) in [5, 5.41) is 12.7. The van der Waals surface area contributed by atoms with Gasteiger partial charge in [-0.3, -0.25) is 0 Å². The normalized spacial score (nSPS) is 11.2. The van der Waals surface area contributed by atoms with E-state index in [1.165, 1.54) is 0 Å². The van der Waals surface area contributed by atoms with E-state index in [2.05, 4.69) is 32.0 Å². The second kappa shape index (κ2) is 9.27. The SMILES string of the molecule is Cc1cc(C)c(O)c([Se]c2cc(C)cc(C)c2Op2oc3ccccc3c3ccccc3o2)c1. The van der Waals surface area contributed by atoms with Gasteiger partial charge in [0.15, 0.2) is 0 Å². The molecule has 0 unspecified atom stereocenters. The van der Waals surface area contributed by atoms with Crippen molar-refractivity contribution in [1.29, 1.82) is 0 Å². The van der Waals surface area contributed by atoms with Gasteiger partial charge in [-0.25, -0.2) is 0 Å². The van der Waals surface area contributed by atoms with E-state index in [1.54, 1.807) is 0 Å². The first-order chi connectivity index (χ1) is 16.4. The third kappa shape index (κ3) is 4.48. The molecule has 0 saturated heterocycles. The van der Waals surface area contributed by atoms with E-state index in [0.29, 0.717) is 5.75 Å². The molecule has 5 rings (SSSR count). The van der Waals surface area contributed by atoms with Crippen LogP contribution in [0.4, 0.5) is 0 Å². The zero-order valence-electron chi connectivity index (χ0n) is 19.5. The minimum absolute atomic E-state index is 0.163. The quantitative estimate of drug-likeness (QED) is 0.260. The maximum absolute atomic E-state index is 10.7. The molecule has 0 spiro atoms. The van der Waals surface area contributed by atoms with Crippen LogP contribution in [0.15, 0.2) is 81.2 Å². The van der Waals surface area contributed by atoms with E-state index < -0.39 is 8.24 Å². The number of aromatic hydroxyl groups is 1. The van der Waals surface area contributed by atoms with Crippen molar-refractivity contribution in [2.45, 2.75) is 27.7 Å². The molecule has 0 aliphatic rings. The standard InChI is InChI=1S/C28H25O4PSe/c1-17-13-19(3)27(29)25(15-17)34-26-16-18(2)14-20(4)28(26)32-33-30-23-11-7-5-9-21(23)22-10-6-8-12-24(22)31-33/h5-16,29H,1-4H3. The van der Waals surface area contributed by atoms with E-state index in [1.807, 2.05) is 68.4 Å². The van der Waals surface area contributed by atoms with Crippen molar-refractivity contribution in [3.8, 4) is 11.5 Å². The Bertz CT molecular complexity index is 1510. The van der Waals surface area contributed by atoms with Crippen LogP contribution in [0.5, 0.6) is 11.5 Å². The van der Waals surface area contributed by atoms with E-state index in [4.69, 9.17) is 12.9 Å². The van der Waals surface area contributed by atoms with Gasteiger partial charge in [0.2, 0.25) is 0 Å². The summed E-state index contributed by atoms with van der Waals surface area (Å²) in [4.78, 5) is 0. The van der Waals surface area contributed by atoms with Gasteiger partial charge in [-0.1, -0.05) is 0 Å². The predicted molar refractivity (Wildman–Crippen MR) is 141 cm³/mol. The number of hydrogen-bond donors (Lipinski definition) is 1. The van der Waals surface area contributed by atoms with Crippen molar-refractivity contribution < 1.29 is 18.0 Å². The number of fused-ring (bicyclic) bond motifs is 3. The van der Waals surface area contributed by atoms with Crippen molar-refractivity contribution in [2.24, 2.45) is 0 Å². The Kier molecular flexibility index (Phi) is 6.18. The number of phenolic OH excluding ortho intramolecular Hbond substituents is 1. The zero-order chi connectivity index (χ0) is 23.8. The molecule has 1 N–H and O–H groups in total. The van der Waals surface area contributed by atoms with Crippen molar-refractivity contribution in [2.75, 3.05) is 0 Å². The molecule has 0 radical (unpaired) electrons. The van der Waals surface area contributed by atoms with Gasteiger partial charge in [0.1, 0.15) is 0 Å². The van der Waals surface area contributed by atoms with E-state index >= 15 is 0 Å². The maximum atomic E-state index is 10.7. The zero-order valence-corrected chi connectivity index (χ0v) is 22.1. The third-order valence-corrected chi connectivity index (χ3v) is 8.83. The Morgan fingerprint density at radius 1 is 0.706 bits per heavy atom. The molecule has 0 saturated carbocycles. The van der Waals surface area contributed by atoms with Gasteiger partial charge < -0.3 is 0 Å². The molecule has 0 bridgehead atoms. The second-order valence-electron chi connectivity index (χ2n) is 8.43. The molecule has 0 amide bonds. The van der Waals surface area contributed by atoms with Crippen LogP contribution in [0.3, 0.4) is 0 Å². The summed E-state index contributed by atoms with van der Waals surface area (Å²) in [6, 6.07) is 24.1. The van der Waals surface area contributed by atoms with Crippen LogP contribution in [0.1, 0.15) is 22.3 Å². The summed E-state index contributed by atoms with van der Waals surface area (Å²) in [7, 11) is -1.74. The molecule has 1 aromatic heterocycles. The first-order valence-corrected chi connectivity index (χ1v) is 13.8. The van der Waals surface area contributed by atoms with E-state index in [0.717, 1.165) is 58.9 Å². The van der Waals surface area contributed by atoms with E-state index in [-0.39, 0.29) is 15.0 Å². The molecule has 4 nitrogen and oxygen atoms in total. The van der Waals surface area contributed by atoms with Gasteiger partial charge in [-0.15, -0.1) is 0 Å². The van der Waals surface area contributed by atoms with Crippen LogP contribution in [0, 0.1) is 27.7 Å². The number of benzene rings is 4. The minimum atomic E-state index is -1.74. The molecular weight excluding hydrogens is 510 g/mol. The first kappa shape index (κ1) is 22.7. The number of phenols is 1.